The Morgan fingerprint density at radius 1 is 0.689 bits per heavy atom. The van der Waals surface area contributed by atoms with Crippen LogP contribution in [0.4, 0.5) is 4.39 Å². The van der Waals surface area contributed by atoms with Gasteiger partial charge in [0.1, 0.15) is 0 Å². The van der Waals surface area contributed by atoms with Crippen LogP contribution >= 0.6 is 0 Å². The van der Waals surface area contributed by atoms with Crippen LogP contribution in [0, 0.1) is 65.5 Å². The number of benzene rings is 4. The van der Waals surface area contributed by atoms with Gasteiger partial charge in [-0.25, -0.2) is 0 Å². The molecule has 0 spiro atoms. The minimum atomic E-state index is -0.463. The fourth-order valence-electron chi connectivity index (χ4n) is 7.92. The van der Waals surface area contributed by atoms with Crippen molar-refractivity contribution in [3.05, 3.63) is 141 Å². The van der Waals surface area contributed by atoms with E-state index in [4.69, 9.17) is 5.48 Å². The van der Waals surface area contributed by atoms with E-state index in [1.54, 1.807) is 0 Å². The number of pyridine rings is 2. The predicted octanol–water partition coefficient (Wildman–Crippen LogP) is 15.3. The molecule has 0 aliphatic carbocycles. The van der Waals surface area contributed by atoms with Gasteiger partial charge < -0.3 is 15.1 Å². The van der Waals surface area contributed by atoms with Gasteiger partial charge in [-0.15, -0.1) is 69.8 Å². The monoisotopic (exact) mass is 1000 g/mol. The Balaban J connectivity index is 0.000000264. The van der Waals surface area contributed by atoms with Gasteiger partial charge in [0.05, 0.1) is 17.9 Å². The third-order valence-corrected chi connectivity index (χ3v) is 11.1. The maximum Gasteiger partial charge on any atom is 0.162 e. The second-order valence-corrected chi connectivity index (χ2v) is 16.8. The van der Waals surface area contributed by atoms with Crippen molar-refractivity contribution >= 4 is 27.3 Å². The summed E-state index contributed by atoms with van der Waals surface area (Å²) in [6.45, 7) is 26.3. The van der Waals surface area contributed by atoms with Crippen LogP contribution in [0.1, 0.15) is 136 Å². The van der Waals surface area contributed by atoms with Gasteiger partial charge in [0.2, 0.25) is 0 Å². The first kappa shape index (κ1) is 44.5. The third-order valence-electron chi connectivity index (χ3n) is 11.1. The first-order valence-corrected chi connectivity index (χ1v) is 21.5. The number of hydrogen-bond donors (Lipinski definition) is 1. The van der Waals surface area contributed by atoms with E-state index in [0.29, 0.717) is 18.3 Å². The molecule has 1 unspecified atom stereocenters. The molecule has 1 atom stereocenters. The molecular formula is C55H67FIrN2O2-2. The summed E-state index contributed by atoms with van der Waals surface area (Å²) in [6.07, 6.45) is 3.82. The summed E-state index contributed by atoms with van der Waals surface area (Å²) in [5, 5.41) is 13.2. The maximum absolute atomic E-state index is 12.2. The second-order valence-electron chi connectivity index (χ2n) is 16.8. The fourth-order valence-corrected chi connectivity index (χ4v) is 7.92. The number of nitrogens with zero attached hydrogens (tertiary/aromatic N) is 2. The number of aryl methyl sites for hydroxylation is 6. The summed E-state index contributed by atoms with van der Waals surface area (Å²) in [4.78, 5) is 20.5. The van der Waals surface area contributed by atoms with Crippen molar-refractivity contribution in [3.8, 4) is 22.5 Å². The zero-order chi connectivity index (χ0) is 47.7. The Kier molecular flexibility index (Phi) is 17.3. The zero-order valence-corrected chi connectivity index (χ0v) is 40.9. The molecule has 1 radical (unpaired) electrons. The average molecular weight is 1000 g/mol. The molecule has 0 bridgehead atoms. The van der Waals surface area contributed by atoms with Crippen LogP contribution in [0.25, 0.3) is 44.1 Å². The van der Waals surface area contributed by atoms with Gasteiger partial charge in [0, 0.05) is 50.4 Å². The largest absolute Gasteiger partial charge is 0.512 e. The molecular weight excluding hydrogens is 932 g/mol. The van der Waals surface area contributed by atoms with Gasteiger partial charge in [0.25, 0.3) is 0 Å². The number of aliphatic hydroxyl groups is 1. The van der Waals surface area contributed by atoms with E-state index >= 15 is 0 Å². The van der Waals surface area contributed by atoms with Gasteiger partial charge in [-0.05, 0) is 119 Å². The number of halogens is 1. The van der Waals surface area contributed by atoms with Crippen molar-refractivity contribution in [2.75, 3.05) is 6.67 Å². The number of alkyl halides is 1. The fraction of sp³-hybridized carbons (Fsp3) is 0.400. The van der Waals surface area contributed by atoms with E-state index in [1.165, 1.54) is 28.3 Å². The van der Waals surface area contributed by atoms with E-state index in [1.807, 2.05) is 46.8 Å². The first-order valence-electron chi connectivity index (χ1n) is 23.5. The number of allylic oxidation sites excluding steroid dienone is 2. The standard InChI is InChI=1S/2C21H22N.C13H23FO2.Ir/c2*1-13(2)19-12-17-6-7-22-21(20(17)11-16(19)5)18-9-14(3)8-15(4)10-18;1-4-10(5-2)12(15)9-13(16)11(6-3)7-8-14;/h2*6-9,11-13H,1-5H3;9-11,16H,4-8H2,1-3H3;/q2*-1;;/b;;13-9-;/i2*6D,7D;;. The van der Waals surface area contributed by atoms with Gasteiger partial charge in [0.15, 0.2) is 5.78 Å². The molecule has 0 saturated heterocycles. The molecule has 6 rings (SSSR count). The number of hydrogen-bond acceptors (Lipinski definition) is 4. The Hall–Kier alpha value is -4.51. The van der Waals surface area contributed by atoms with Crippen LogP contribution in [0.3, 0.4) is 0 Å². The van der Waals surface area contributed by atoms with Crippen molar-refractivity contribution in [2.45, 2.75) is 128 Å². The number of carbonyl (C=O) groups excluding carboxylic acids is 1. The smallest absolute Gasteiger partial charge is 0.162 e. The average Bonchev–Trinajstić information content (AvgIpc) is 3.22. The Labute approximate surface area is 385 Å². The third kappa shape index (κ3) is 13.5. The molecule has 2 aromatic heterocycles. The molecule has 0 aliphatic rings. The zero-order valence-electron chi connectivity index (χ0n) is 42.5. The van der Waals surface area contributed by atoms with Crippen LogP contribution in [-0.2, 0) is 24.9 Å². The van der Waals surface area contributed by atoms with E-state index in [2.05, 4.69) is 114 Å². The number of fused-ring (bicyclic) bond motifs is 2. The van der Waals surface area contributed by atoms with Crippen LogP contribution < -0.4 is 0 Å². The van der Waals surface area contributed by atoms with Crippen molar-refractivity contribution in [3.63, 3.8) is 0 Å². The van der Waals surface area contributed by atoms with Gasteiger partial charge in [-0.1, -0.05) is 100 Å². The van der Waals surface area contributed by atoms with Crippen LogP contribution in [-0.4, -0.2) is 27.5 Å². The summed E-state index contributed by atoms with van der Waals surface area (Å²) in [5.41, 5.74) is 12.5. The molecule has 327 valence electrons. The Morgan fingerprint density at radius 2 is 1.10 bits per heavy atom. The molecule has 4 aromatic carbocycles. The summed E-state index contributed by atoms with van der Waals surface area (Å²) in [6, 6.07) is 23.7. The molecule has 0 saturated carbocycles. The van der Waals surface area contributed by atoms with Crippen LogP contribution in [0.5, 0.6) is 0 Å². The molecule has 0 aliphatic heterocycles. The summed E-state index contributed by atoms with van der Waals surface area (Å²) < 4.78 is 45.0. The van der Waals surface area contributed by atoms with E-state index in [0.717, 1.165) is 79.2 Å². The Morgan fingerprint density at radius 3 is 1.44 bits per heavy atom. The quantitative estimate of drug-likeness (QED) is 0.0754. The number of ketones is 1. The number of aliphatic hydroxyl groups excluding tert-OH is 1. The van der Waals surface area contributed by atoms with E-state index in [-0.39, 0.29) is 74.3 Å². The molecule has 1 N–H and O–H groups in total. The molecule has 6 aromatic rings. The SMILES string of the molecule is CCC(CC)C(=O)/C=C(\O)C(CC)CCF.[2H]c1nc(-c2[c-]c(C)cc(C)c2)c2cc(C)c(C(C)C)cc2c1[2H].[2H]c1nc(-c2[c-]c(C)cc(C)c2)c2cc(C)c(C(C)C)cc2c1[2H].[Ir]. The van der Waals surface area contributed by atoms with E-state index in [9.17, 15) is 14.3 Å². The summed E-state index contributed by atoms with van der Waals surface area (Å²) in [7, 11) is 0. The molecule has 2 heterocycles. The van der Waals surface area contributed by atoms with E-state index < -0.39 is 6.67 Å². The predicted molar refractivity (Wildman–Crippen MR) is 253 cm³/mol. The number of aromatic nitrogens is 2. The first-order chi connectivity index (χ1) is 30.1. The topological polar surface area (TPSA) is 63.1 Å². The van der Waals surface area contributed by atoms with Crippen molar-refractivity contribution in [1.29, 1.82) is 0 Å². The van der Waals surface area contributed by atoms with Gasteiger partial charge >= 0.3 is 0 Å². The van der Waals surface area contributed by atoms with Gasteiger partial charge in [-0.3, -0.25) is 9.18 Å². The Bertz CT molecular complexity index is 2460. The maximum atomic E-state index is 12.2. The van der Waals surface area contributed by atoms with Crippen molar-refractivity contribution < 1.29 is 39.9 Å². The normalized spacial score (nSPS) is 12.8. The van der Waals surface area contributed by atoms with Crippen molar-refractivity contribution in [2.24, 2.45) is 11.8 Å². The minimum absolute atomic E-state index is 0. The summed E-state index contributed by atoms with van der Waals surface area (Å²) >= 11 is 0. The molecule has 0 amide bonds. The minimum Gasteiger partial charge on any atom is -0.512 e. The van der Waals surface area contributed by atoms with Crippen LogP contribution in [0.15, 0.2) is 84.8 Å². The van der Waals surface area contributed by atoms with Gasteiger partial charge in [-0.2, -0.15) is 0 Å². The molecule has 61 heavy (non-hydrogen) atoms. The van der Waals surface area contributed by atoms with Crippen LogP contribution in [0.2, 0.25) is 0 Å². The molecule has 0 fully saturated rings. The number of rotatable bonds is 12. The molecule has 4 nitrogen and oxygen atoms in total. The summed E-state index contributed by atoms with van der Waals surface area (Å²) in [5.74, 6) is 0.518. The van der Waals surface area contributed by atoms with Crippen molar-refractivity contribution in [1.82, 2.24) is 9.97 Å². The number of carbonyl (C=O) groups is 1. The second kappa shape index (κ2) is 23.6. The molecule has 6 heteroatoms.